The van der Waals surface area contributed by atoms with Crippen molar-refractivity contribution in [2.75, 3.05) is 6.26 Å². The second-order valence-electron chi connectivity index (χ2n) is 6.33. The van der Waals surface area contributed by atoms with Crippen LogP contribution in [0.2, 0.25) is 0 Å². The van der Waals surface area contributed by atoms with Gasteiger partial charge in [0, 0.05) is 30.2 Å². The number of aromatic nitrogens is 2. The summed E-state index contributed by atoms with van der Waals surface area (Å²) in [6.45, 7) is 4.45. The van der Waals surface area contributed by atoms with Crippen LogP contribution >= 0.6 is 11.8 Å². The number of nitrogens with zero attached hydrogens (tertiary/aromatic N) is 2. The van der Waals surface area contributed by atoms with Gasteiger partial charge in [-0.3, -0.25) is 9.36 Å². The SMILES string of the molecule is CSc1nccn1-c1cccc(C(=O)NCc2ccc(OC(C)C)cc2)c1. The van der Waals surface area contributed by atoms with Crippen LogP contribution in [0.1, 0.15) is 29.8 Å². The average molecular weight is 382 g/mol. The molecule has 1 heterocycles. The van der Waals surface area contributed by atoms with E-state index >= 15 is 0 Å². The summed E-state index contributed by atoms with van der Waals surface area (Å²) in [6.07, 6.45) is 5.77. The number of nitrogens with one attached hydrogen (secondary N) is 1. The molecule has 0 unspecified atom stereocenters. The van der Waals surface area contributed by atoms with Crippen LogP contribution < -0.4 is 10.1 Å². The molecule has 0 saturated heterocycles. The van der Waals surface area contributed by atoms with Crippen LogP contribution in [0.4, 0.5) is 0 Å². The first-order chi connectivity index (χ1) is 13.1. The Kier molecular flexibility index (Phi) is 6.19. The van der Waals surface area contributed by atoms with E-state index in [1.807, 2.05) is 79.4 Å². The second kappa shape index (κ2) is 8.77. The minimum Gasteiger partial charge on any atom is -0.491 e. The van der Waals surface area contributed by atoms with E-state index in [9.17, 15) is 4.79 Å². The molecule has 1 N–H and O–H groups in total. The van der Waals surface area contributed by atoms with Crippen molar-refractivity contribution in [2.24, 2.45) is 0 Å². The Bertz CT molecular complexity index is 904. The molecule has 140 valence electrons. The zero-order valence-corrected chi connectivity index (χ0v) is 16.5. The summed E-state index contributed by atoms with van der Waals surface area (Å²) >= 11 is 1.56. The minimum absolute atomic E-state index is 0.106. The van der Waals surface area contributed by atoms with Gasteiger partial charge in [0.25, 0.3) is 5.91 Å². The lowest BCUT2D eigenvalue weighted by molar-refractivity contribution is 0.0951. The molecule has 2 aromatic carbocycles. The van der Waals surface area contributed by atoms with Gasteiger partial charge < -0.3 is 10.1 Å². The van der Waals surface area contributed by atoms with Gasteiger partial charge in [0.05, 0.1) is 6.10 Å². The quantitative estimate of drug-likeness (QED) is 0.620. The molecule has 1 aromatic heterocycles. The van der Waals surface area contributed by atoms with Gasteiger partial charge in [-0.1, -0.05) is 30.0 Å². The number of carbonyl (C=O) groups excluding carboxylic acids is 1. The Morgan fingerprint density at radius 3 is 2.70 bits per heavy atom. The highest BCUT2D eigenvalue weighted by atomic mass is 32.2. The summed E-state index contributed by atoms with van der Waals surface area (Å²) in [5.41, 5.74) is 2.56. The maximum Gasteiger partial charge on any atom is 0.251 e. The van der Waals surface area contributed by atoms with Crippen LogP contribution in [0.25, 0.3) is 5.69 Å². The normalized spacial score (nSPS) is 10.8. The highest BCUT2D eigenvalue weighted by Crippen LogP contribution is 2.19. The van der Waals surface area contributed by atoms with Crippen LogP contribution in [0, 0.1) is 0 Å². The molecule has 5 nitrogen and oxygen atoms in total. The van der Waals surface area contributed by atoms with Gasteiger partial charge in [0.15, 0.2) is 5.16 Å². The third kappa shape index (κ3) is 4.92. The van der Waals surface area contributed by atoms with Crippen molar-refractivity contribution >= 4 is 17.7 Å². The maximum atomic E-state index is 12.5. The van der Waals surface area contributed by atoms with E-state index in [1.54, 1.807) is 18.0 Å². The first-order valence-corrected chi connectivity index (χ1v) is 10.0. The Morgan fingerprint density at radius 1 is 1.22 bits per heavy atom. The lowest BCUT2D eigenvalue weighted by Gasteiger charge is -2.11. The summed E-state index contributed by atoms with van der Waals surface area (Å²) in [7, 11) is 0. The molecule has 0 aliphatic rings. The number of thioether (sulfide) groups is 1. The predicted molar refractivity (Wildman–Crippen MR) is 109 cm³/mol. The standard InChI is InChI=1S/C21H23N3O2S/c1-15(2)26-19-9-7-16(8-10-19)14-23-20(25)17-5-4-6-18(13-17)24-12-11-22-21(24)27-3/h4-13,15H,14H2,1-3H3,(H,23,25). The average Bonchev–Trinajstić information content (AvgIpc) is 3.16. The molecule has 0 radical (unpaired) electrons. The van der Waals surface area contributed by atoms with Gasteiger partial charge in [-0.05, 0) is 56.0 Å². The summed E-state index contributed by atoms with van der Waals surface area (Å²) in [5.74, 6) is 0.725. The van der Waals surface area contributed by atoms with Gasteiger partial charge in [-0.25, -0.2) is 4.98 Å². The molecule has 0 saturated carbocycles. The van der Waals surface area contributed by atoms with Gasteiger partial charge in [0.1, 0.15) is 5.75 Å². The van der Waals surface area contributed by atoms with Crippen LogP contribution in [-0.2, 0) is 6.54 Å². The largest absolute Gasteiger partial charge is 0.491 e. The summed E-state index contributed by atoms with van der Waals surface area (Å²) in [4.78, 5) is 16.8. The highest BCUT2D eigenvalue weighted by molar-refractivity contribution is 7.98. The van der Waals surface area contributed by atoms with Crippen molar-refractivity contribution in [2.45, 2.75) is 31.7 Å². The number of amides is 1. The second-order valence-corrected chi connectivity index (χ2v) is 7.10. The smallest absolute Gasteiger partial charge is 0.251 e. The van der Waals surface area contributed by atoms with Crippen LogP contribution in [0.15, 0.2) is 66.1 Å². The van der Waals surface area contributed by atoms with E-state index in [-0.39, 0.29) is 12.0 Å². The van der Waals surface area contributed by atoms with Gasteiger partial charge in [-0.2, -0.15) is 0 Å². The topological polar surface area (TPSA) is 56.2 Å². The Morgan fingerprint density at radius 2 is 2.00 bits per heavy atom. The van der Waals surface area contributed by atoms with Gasteiger partial charge in [-0.15, -0.1) is 0 Å². The molecule has 27 heavy (non-hydrogen) atoms. The maximum absolute atomic E-state index is 12.5. The Hall–Kier alpha value is -2.73. The van der Waals surface area contributed by atoms with Crippen LogP contribution in [0.3, 0.4) is 0 Å². The zero-order chi connectivity index (χ0) is 19.2. The molecule has 3 rings (SSSR count). The van der Waals surface area contributed by atoms with E-state index in [1.165, 1.54) is 0 Å². The third-order valence-corrected chi connectivity index (χ3v) is 4.59. The summed E-state index contributed by atoms with van der Waals surface area (Å²) in [6, 6.07) is 15.3. The van der Waals surface area contributed by atoms with Crippen molar-refractivity contribution in [1.82, 2.24) is 14.9 Å². The third-order valence-electron chi connectivity index (χ3n) is 3.92. The molecular weight excluding hydrogens is 358 g/mol. The first kappa shape index (κ1) is 19.0. The fourth-order valence-corrected chi connectivity index (χ4v) is 3.21. The van der Waals surface area contributed by atoms with Crippen molar-refractivity contribution < 1.29 is 9.53 Å². The van der Waals surface area contributed by atoms with E-state index in [0.717, 1.165) is 22.2 Å². The van der Waals surface area contributed by atoms with E-state index < -0.39 is 0 Å². The predicted octanol–water partition coefficient (Wildman–Crippen LogP) is 4.31. The molecular formula is C21H23N3O2S. The lowest BCUT2D eigenvalue weighted by atomic mass is 10.1. The number of hydrogen-bond acceptors (Lipinski definition) is 4. The number of carbonyl (C=O) groups is 1. The first-order valence-electron chi connectivity index (χ1n) is 8.78. The highest BCUT2D eigenvalue weighted by Gasteiger charge is 2.09. The number of ether oxygens (including phenoxy) is 1. The molecule has 1 amide bonds. The van der Waals surface area contributed by atoms with Gasteiger partial charge in [0.2, 0.25) is 0 Å². The summed E-state index contributed by atoms with van der Waals surface area (Å²) in [5, 5.41) is 3.85. The number of rotatable bonds is 7. The number of imidazole rings is 1. The fourth-order valence-electron chi connectivity index (χ4n) is 2.68. The molecule has 0 atom stereocenters. The molecule has 0 fully saturated rings. The molecule has 0 aliphatic heterocycles. The number of hydrogen-bond donors (Lipinski definition) is 1. The Labute approximate surface area is 163 Å². The molecule has 6 heteroatoms. The molecule has 3 aromatic rings. The zero-order valence-electron chi connectivity index (χ0n) is 15.7. The van der Waals surface area contributed by atoms with Crippen LogP contribution in [-0.4, -0.2) is 27.8 Å². The molecule has 0 spiro atoms. The Balaban J connectivity index is 1.65. The van der Waals surface area contributed by atoms with Crippen molar-refractivity contribution in [3.8, 4) is 11.4 Å². The lowest BCUT2D eigenvalue weighted by Crippen LogP contribution is -2.22. The van der Waals surface area contributed by atoms with Crippen molar-refractivity contribution in [3.63, 3.8) is 0 Å². The fraction of sp³-hybridized carbons (Fsp3) is 0.238. The van der Waals surface area contributed by atoms with Crippen molar-refractivity contribution in [1.29, 1.82) is 0 Å². The minimum atomic E-state index is -0.106. The van der Waals surface area contributed by atoms with Crippen molar-refractivity contribution in [3.05, 3.63) is 72.1 Å². The van der Waals surface area contributed by atoms with E-state index in [4.69, 9.17) is 4.74 Å². The molecule has 0 bridgehead atoms. The van der Waals surface area contributed by atoms with Gasteiger partial charge >= 0.3 is 0 Å². The van der Waals surface area contributed by atoms with Crippen LogP contribution in [0.5, 0.6) is 5.75 Å². The monoisotopic (exact) mass is 381 g/mol. The van der Waals surface area contributed by atoms with E-state index in [0.29, 0.717) is 12.1 Å². The number of benzene rings is 2. The van der Waals surface area contributed by atoms with E-state index in [2.05, 4.69) is 10.3 Å². The molecule has 0 aliphatic carbocycles. The summed E-state index contributed by atoms with van der Waals surface area (Å²) < 4.78 is 7.60.